The van der Waals surface area contributed by atoms with Crippen molar-refractivity contribution in [1.82, 2.24) is 18.7 Å². The molecular weight excluding hydrogens is 440 g/mol. The number of aromatic nitrogens is 4. The Balaban J connectivity index is 1.21. The summed E-state index contributed by atoms with van der Waals surface area (Å²) in [5.41, 5.74) is 1.31. The zero-order chi connectivity index (χ0) is 24.6. The minimum atomic E-state index is -0.331. The largest absolute Gasteiger partial charge is 0.370 e. The van der Waals surface area contributed by atoms with Crippen molar-refractivity contribution < 1.29 is 4.74 Å². The average molecular weight is 481 g/mol. The molecule has 7 heteroatoms. The van der Waals surface area contributed by atoms with Gasteiger partial charge in [0, 0.05) is 13.6 Å². The second-order valence-electron chi connectivity index (χ2n) is 9.95. The number of fused-ring (bicyclic) bond motifs is 1. The molecule has 0 amide bonds. The molecule has 0 saturated carbocycles. The highest BCUT2D eigenvalue weighted by atomic mass is 16.6. The van der Waals surface area contributed by atoms with Crippen molar-refractivity contribution in [3.8, 4) is 0 Å². The third-order valence-corrected chi connectivity index (χ3v) is 7.18. The van der Waals surface area contributed by atoms with Crippen LogP contribution in [0.5, 0.6) is 0 Å². The van der Waals surface area contributed by atoms with Crippen molar-refractivity contribution in [1.29, 1.82) is 0 Å². The zero-order valence-corrected chi connectivity index (χ0v) is 21.3. The number of imidazole rings is 1. The lowest BCUT2D eigenvalue weighted by molar-refractivity contribution is 0.350. The van der Waals surface area contributed by atoms with E-state index in [4.69, 9.17) is 4.74 Å². The smallest absolute Gasteiger partial charge is 0.332 e. The molecule has 0 aliphatic carbocycles. The first-order valence-electron chi connectivity index (χ1n) is 13.4. The Bertz CT molecular complexity index is 1190. The highest BCUT2D eigenvalue weighted by Gasteiger charge is 2.36. The van der Waals surface area contributed by atoms with Gasteiger partial charge in [-0.25, -0.2) is 9.78 Å². The lowest BCUT2D eigenvalue weighted by Crippen LogP contribution is -2.40. The number of epoxide rings is 1. The van der Waals surface area contributed by atoms with Crippen LogP contribution in [0, 0.1) is 0 Å². The third kappa shape index (κ3) is 6.51. The van der Waals surface area contributed by atoms with Crippen LogP contribution in [0.3, 0.4) is 0 Å². The Morgan fingerprint density at radius 1 is 0.886 bits per heavy atom. The summed E-state index contributed by atoms with van der Waals surface area (Å²) in [4.78, 5) is 30.4. The van der Waals surface area contributed by atoms with Crippen LogP contribution in [0.25, 0.3) is 11.2 Å². The summed E-state index contributed by atoms with van der Waals surface area (Å²) in [5, 5.41) is 0. The highest BCUT2D eigenvalue weighted by molar-refractivity contribution is 5.69. The van der Waals surface area contributed by atoms with Crippen LogP contribution in [0.15, 0.2) is 46.2 Å². The molecule has 1 aliphatic rings. The molecular formula is C28H40N4O3. The maximum absolute atomic E-state index is 13.2. The van der Waals surface area contributed by atoms with E-state index in [0.717, 1.165) is 24.9 Å². The maximum atomic E-state index is 13.2. The predicted molar refractivity (Wildman–Crippen MR) is 140 cm³/mol. The molecule has 35 heavy (non-hydrogen) atoms. The fraction of sp³-hybridized carbons (Fsp3) is 0.607. The second-order valence-corrected chi connectivity index (χ2v) is 9.95. The molecule has 1 fully saturated rings. The molecule has 3 aromatic rings. The van der Waals surface area contributed by atoms with Crippen molar-refractivity contribution >= 4 is 11.2 Å². The van der Waals surface area contributed by atoms with Gasteiger partial charge in [-0.3, -0.25) is 13.9 Å². The maximum Gasteiger partial charge on any atom is 0.332 e. The molecule has 0 bridgehead atoms. The molecule has 1 aliphatic heterocycles. The van der Waals surface area contributed by atoms with E-state index in [-0.39, 0.29) is 17.8 Å². The molecule has 0 N–H and O–H groups in total. The normalized spacial score (nSPS) is 17.3. The van der Waals surface area contributed by atoms with Crippen molar-refractivity contribution in [3.63, 3.8) is 0 Å². The Kier molecular flexibility index (Phi) is 8.96. The Morgan fingerprint density at radius 2 is 1.54 bits per heavy atom. The van der Waals surface area contributed by atoms with Crippen LogP contribution < -0.4 is 11.2 Å². The molecule has 1 aromatic carbocycles. The number of hydrogen-bond donors (Lipinski definition) is 0. The van der Waals surface area contributed by atoms with Gasteiger partial charge in [-0.1, -0.05) is 88.6 Å². The van der Waals surface area contributed by atoms with Crippen LogP contribution in [-0.2, 0) is 24.9 Å². The molecule has 0 spiro atoms. The van der Waals surface area contributed by atoms with E-state index in [0.29, 0.717) is 23.4 Å². The number of rotatable bonds is 15. The van der Waals surface area contributed by atoms with Crippen LogP contribution in [-0.4, -0.2) is 30.9 Å². The highest BCUT2D eigenvalue weighted by Crippen LogP contribution is 2.31. The molecule has 1 saturated heterocycles. The van der Waals surface area contributed by atoms with Gasteiger partial charge in [0.25, 0.3) is 5.56 Å². The van der Waals surface area contributed by atoms with E-state index >= 15 is 0 Å². The van der Waals surface area contributed by atoms with Crippen LogP contribution in [0.1, 0.15) is 83.1 Å². The number of ether oxygens (including phenoxy) is 1. The van der Waals surface area contributed by atoms with Gasteiger partial charge in [-0.2, -0.15) is 0 Å². The third-order valence-electron chi connectivity index (χ3n) is 7.18. The van der Waals surface area contributed by atoms with Crippen LogP contribution >= 0.6 is 0 Å². The number of unbranched alkanes of at least 4 members (excludes halogenated alkanes) is 7. The number of hydrogen-bond acceptors (Lipinski definition) is 4. The molecule has 0 radical (unpaired) electrons. The lowest BCUT2D eigenvalue weighted by atomic mass is 10.0. The van der Waals surface area contributed by atoms with Gasteiger partial charge in [0.1, 0.15) is 0 Å². The second kappa shape index (κ2) is 12.3. The first kappa shape index (κ1) is 25.4. The standard InChI is InChI=1S/C28H40N4O3/c1-3-15-23-24(35-23)18-13-8-6-4-5-7-9-14-19-31-21-29-26-25(31)27(33)32(28(34)30(26)2)20-22-16-11-10-12-17-22/h10-12,16-17,21,23-24H,3-9,13-15,18-20H2,1-2H3. The summed E-state index contributed by atoms with van der Waals surface area (Å²) in [5.74, 6) is 0. The number of nitrogens with zero attached hydrogens (tertiary/aromatic N) is 4. The molecule has 4 rings (SSSR count). The summed E-state index contributed by atoms with van der Waals surface area (Å²) < 4.78 is 10.4. The van der Waals surface area contributed by atoms with E-state index in [1.807, 2.05) is 34.9 Å². The molecule has 2 aromatic heterocycles. The van der Waals surface area contributed by atoms with Crippen molar-refractivity contribution in [2.75, 3.05) is 0 Å². The van der Waals surface area contributed by atoms with Gasteiger partial charge in [0.15, 0.2) is 11.2 Å². The van der Waals surface area contributed by atoms with E-state index in [9.17, 15) is 9.59 Å². The van der Waals surface area contributed by atoms with E-state index in [1.54, 1.807) is 13.4 Å². The molecule has 2 unspecified atom stereocenters. The number of aryl methyl sites for hydroxylation is 2. The van der Waals surface area contributed by atoms with Crippen molar-refractivity contribution in [3.05, 3.63) is 63.1 Å². The summed E-state index contributed by atoms with van der Waals surface area (Å²) in [6.07, 6.45) is 16.3. The first-order chi connectivity index (χ1) is 17.1. The van der Waals surface area contributed by atoms with Gasteiger partial charge in [-0.05, 0) is 24.8 Å². The van der Waals surface area contributed by atoms with E-state index < -0.39 is 0 Å². The average Bonchev–Trinajstić information content (AvgIpc) is 3.46. The molecule has 2 atom stereocenters. The quantitative estimate of drug-likeness (QED) is 0.226. The Labute approximate surface area is 207 Å². The molecule has 7 nitrogen and oxygen atoms in total. The van der Waals surface area contributed by atoms with Gasteiger partial charge < -0.3 is 9.30 Å². The Hall–Kier alpha value is -2.67. The monoisotopic (exact) mass is 480 g/mol. The minimum Gasteiger partial charge on any atom is -0.370 e. The molecule has 3 heterocycles. The topological polar surface area (TPSA) is 74.3 Å². The van der Waals surface area contributed by atoms with Gasteiger partial charge in [0.05, 0.1) is 25.1 Å². The van der Waals surface area contributed by atoms with Crippen molar-refractivity contribution in [2.45, 2.75) is 103 Å². The summed E-state index contributed by atoms with van der Waals surface area (Å²) in [6, 6.07) is 9.62. The molecule has 190 valence electrons. The van der Waals surface area contributed by atoms with Gasteiger partial charge in [-0.15, -0.1) is 0 Å². The zero-order valence-electron chi connectivity index (χ0n) is 21.3. The Morgan fingerprint density at radius 3 is 2.26 bits per heavy atom. The predicted octanol–water partition coefficient (Wildman–Crippen LogP) is 5.02. The summed E-state index contributed by atoms with van der Waals surface area (Å²) in [7, 11) is 1.68. The minimum absolute atomic E-state index is 0.262. The van der Waals surface area contributed by atoms with Crippen LogP contribution in [0.2, 0.25) is 0 Å². The summed E-state index contributed by atoms with van der Waals surface area (Å²) in [6.45, 7) is 3.24. The van der Waals surface area contributed by atoms with Gasteiger partial charge >= 0.3 is 5.69 Å². The van der Waals surface area contributed by atoms with Crippen LogP contribution in [0.4, 0.5) is 0 Å². The van der Waals surface area contributed by atoms with E-state index in [1.165, 1.54) is 66.9 Å². The number of benzene rings is 1. The fourth-order valence-electron chi connectivity index (χ4n) is 5.06. The SMILES string of the molecule is CCCC1OC1CCCCCCCCCCn1cnc2c1c(=O)n(Cc1ccccc1)c(=O)n2C. The van der Waals surface area contributed by atoms with Crippen molar-refractivity contribution in [2.24, 2.45) is 7.05 Å². The first-order valence-corrected chi connectivity index (χ1v) is 13.4. The lowest BCUT2D eigenvalue weighted by Gasteiger charge is -2.10. The summed E-state index contributed by atoms with van der Waals surface area (Å²) >= 11 is 0. The fourth-order valence-corrected chi connectivity index (χ4v) is 5.06. The van der Waals surface area contributed by atoms with E-state index in [2.05, 4.69) is 11.9 Å². The van der Waals surface area contributed by atoms with Gasteiger partial charge in [0.2, 0.25) is 0 Å².